The molecule has 0 atom stereocenters. The minimum atomic E-state index is -4.11. The molecule has 0 unspecified atom stereocenters. The number of ether oxygens (including phenoxy) is 1. The van der Waals surface area contributed by atoms with Crippen LogP contribution in [0.3, 0.4) is 0 Å². The van der Waals surface area contributed by atoms with Gasteiger partial charge in [-0.05, 0) is 36.4 Å². The van der Waals surface area contributed by atoms with E-state index in [1.807, 2.05) is 0 Å². The van der Waals surface area contributed by atoms with Gasteiger partial charge in [-0.15, -0.1) is 0 Å². The second-order valence-electron chi connectivity index (χ2n) is 5.83. The number of aromatic nitrogens is 1. The van der Waals surface area contributed by atoms with Crippen LogP contribution in [0.1, 0.15) is 10.4 Å². The lowest BCUT2D eigenvalue weighted by Gasteiger charge is -2.31. The number of carboxylic acids is 1. The van der Waals surface area contributed by atoms with Gasteiger partial charge in [0.05, 0.1) is 17.1 Å². The van der Waals surface area contributed by atoms with Gasteiger partial charge in [-0.25, -0.2) is 17.6 Å². The molecule has 0 amide bonds. The van der Waals surface area contributed by atoms with Gasteiger partial charge in [0.15, 0.2) is 5.75 Å². The lowest BCUT2D eigenvalue weighted by Crippen LogP contribution is -2.38. The molecule has 1 aliphatic heterocycles. The number of sulfonamides is 1. The van der Waals surface area contributed by atoms with Crippen LogP contribution in [0.15, 0.2) is 53.6 Å². The zero-order valence-electron chi connectivity index (χ0n) is 13.8. The zero-order valence-corrected chi connectivity index (χ0v) is 14.6. The maximum atomic E-state index is 14.0. The van der Waals surface area contributed by atoms with Crippen molar-refractivity contribution >= 4 is 32.6 Å². The Morgan fingerprint density at radius 1 is 1.19 bits per heavy atom. The Hall–Kier alpha value is -3.20. The van der Waals surface area contributed by atoms with Gasteiger partial charge in [-0.2, -0.15) is 0 Å². The van der Waals surface area contributed by atoms with Gasteiger partial charge < -0.3 is 9.84 Å². The maximum absolute atomic E-state index is 14.0. The largest absolute Gasteiger partial charge is 0.489 e. The van der Waals surface area contributed by atoms with Gasteiger partial charge in [0.2, 0.25) is 0 Å². The molecule has 0 radical (unpaired) electrons. The maximum Gasteiger partial charge on any atom is 0.339 e. The minimum Gasteiger partial charge on any atom is -0.489 e. The Morgan fingerprint density at radius 2 is 2.00 bits per heavy atom. The van der Waals surface area contributed by atoms with Gasteiger partial charge in [0.1, 0.15) is 23.5 Å². The molecule has 27 heavy (non-hydrogen) atoms. The van der Waals surface area contributed by atoms with Crippen molar-refractivity contribution in [2.45, 2.75) is 4.90 Å². The first-order chi connectivity index (χ1) is 12.9. The topological polar surface area (TPSA) is 96.8 Å². The number of anilines is 1. The Bertz CT molecular complexity index is 1180. The molecule has 2 aromatic carbocycles. The van der Waals surface area contributed by atoms with Crippen LogP contribution in [0.4, 0.5) is 10.1 Å². The van der Waals surface area contributed by atoms with Crippen LogP contribution in [0.2, 0.25) is 0 Å². The summed E-state index contributed by atoms with van der Waals surface area (Å²) in [7, 11) is -4.11. The number of carbonyl (C=O) groups is 1. The van der Waals surface area contributed by atoms with Crippen LogP contribution in [0.5, 0.6) is 5.75 Å². The smallest absolute Gasteiger partial charge is 0.339 e. The summed E-state index contributed by atoms with van der Waals surface area (Å²) in [6.45, 7) is -0.00849. The zero-order chi connectivity index (χ0) is 19.2. The van der Waals surface area contributed by atoms with Crippen molar-refractivity contribution in [1.29, 1.82) is 0 Å². The molecule has 0 spiro atoms. The highest BCUT2D eigenvalue weighted by atomic mass is 32.2. The number of para-hydroxylation sites is 1. The molecule has 1 aromatic heterocycles. The quantitative estimate of drug-likeness (QED) is 0.741. The summed E-state index contributed by atoms with van der Waals surface area (Å²) in [5.74, 6) is -1.85. The van der Waals surface area contributed by atoms with Crippen LogP contribution in [0, 0.1) is 5.82 Å². The summed E-state index contributed by atoms with van der Waals surface area (Å²) in [4.78, 5) is 15.2. The number of halogens is 1. The summed E-state index contributed by atoms with van der Waals surface area (Å²) in [6.07, 6.45) is 1.38. The average molecular weight is 388 g/mol. The number of hydrogen-bond acceptors (Lipinski definition) is 5. The van der Waals surface area contributed by atoms with Gasteiger partial charge in [-0.1, -0.05) is 6.07 Å². The summed E-state index contributed by atoms with van der Waals surface area (Å²) in [5, 5.41) is 9.47. The van der Waals surface area contributed by atoms with E-state index in [1.54, 1.807) is 0 Å². The highest BCUT2D eigenvalue weighted by molar-refractivity contribution is 7.93. The molecule has 2 heterocycles. The van der Waals surface area contributed by atoms with E-state index in [4.69, 9.17) is 4.74 Å². The molecule has 0 bridgehead atoms. The first-order valence-corrected chi connectivity index (χ1v) is 9.40. The van der Waals surface area contributed by atoms with E-state index in [9.17, 15) is 22.7 Å². The first kappa shape index (κ1) is 17.2. The molecule has 0 fully saturated rings. The average Bonchev–Trinajstić information content (AvgIpc) is 2.67. The number of fused-ring (bicyclic) bond motifs is 2. The minimum absolute atomic E-state index is 0.00244. The van der Waals surface area contributed by atoms with Crippen molar-refractivity contribution in [1.82, 2.24) is 4.98 Å². The normalized spacial score (nSPS) is 13.9. The number of aromatic carboxylic acids is 1. The summed E-state index contributed by atoms with van der Waals surface area (Å²) in [5.41, 5.74) is -0.0492. The summed E-state index contributed by atoms with van der Waals surface area (Å²) >= 11 is 0. The number of carboxylic acid groups (broad SMARTS) is 1. The molecule has 0 aliphatic carbocycles. The second kappa shape index (κ2) is 6.20. The Labute approximate surface area is 153 Å². The van der Waals surface area contributed by atoms with Crippen LogP contribution in [-0.2, 0) is 10.0 Å². The Balaban J connectivity index is 1.93. The number of hydrogen-bond donors (Lipinski definition) is 1. The predicted molar refractivity (Wildman–Crippen MR) is 95.1 cm³/mol. The molecule has 7 nitrogen and oxygen atoms in total. The van der Waals surface area contributed by atoms with E-state index in [2.05, 4.69) is 4.98 Å². The van der Waals surface area contributed by atoms with E-state index in [0.29, 0.717) is 0 Å². The van der Waals surface area contributed by atoms with Gasteiger partial charge in [0.25, 0.3) is 10.0 Å². The predicted octanol–water partition coefficient (Wildman–Crippen LogP) is 2.66. The van der Waals surface area contributed by atoms with E-state index in [-0.39, 0.29) is 46.0 Å². The fourth-order valence-electron chi connectivity index (χ4n) is 3.10. The standard InChI is InChI=1S/C18H13FN2O5S/c19-13-6-7-15(11-4-2-8-20-16(11)13)27(24,25)21-9-10-26-17-12(18(22)23)3-1-5-14(17)21/h1-8H,9-10H2,(H,22,23). The molecule has 1 aliphatic rings. The van der Waals surface area contributed by atoms with Gasteiger partial charge in [0, 0.05) is 11.6 Å². The molecule has 9 heteroatoms. The third-order valence-electron chi connectivity index (χ3n) is 4.28. The lowest BCUT2D eigenvalue weighted by molar-refractivity contribution is 0.0692. The van der Waals surface area contributed by atoms with Crippen LogP contribution in [0.25, 0.3) is 10.9 Å². The number of benzene rings is 2. The van der Waals surface area contributed by atoms with Gasteiger partial charge >= 0.3 is 5.97 Å². The molecule has 138 valence electrons. The fraction of sp³-hybridized carbons (Fsp3) is 0.111. The Kier molecular flexibility index (Phi) is 3.96. The third-order valence-corrected chi connectivity index (χ3v) is 6.15. The summed E-state index contributed by atoms with van der Waals surface area (Å²) < 4.78 is 47.2. The summed E-state index contributed by atoms with van der Waals surface area (Å²) in [6, 6.07) is 9.51. The Morgan fingerprint density at radius 3 is 2.78 bits per heavy atom. The van der Waals surface area contributed by atoms with E-state index in [1.165, 1.54) is 42.6 Å². The highest BCUT2D eigenvalue weighted by Gasteiger charge is 2.33. The third kappa shape index (κ3) is 2.67. The fourth-order valence-corrected chi connectivity index (χ4v) is 4.74. The van der Waals surface area contributed by atoms with Crippen LogP contribution >= 0.6 is 0 Å². The first-order valence-electron chi connectivity index (χ1n) is 7.96. The number of nitrogens with zero attached hydrogens (tertiary/aromatic N) is 2. The van der Waals surface area contributed by atoms with E-state index >= 15 is 0 Å². The molecular weight excluding hydrogens is 375 g/mol. The van der Waals surface area contributed by atoms with Crippen molar-refractivity contribution < 1.29 is 27.4 Å². The lowest BCUT2D eigenvalue weighted by atomic mass is 10.1. The molecule has 0 saturated carbocycles. The van der Waals surface area contributed by atoms with Crippen molar-refractivity contribution in [2.24, 2.45) is 0 Å². The van der Waals surface area contributed by atoms with Crippen molar-refractivity contribution in [2.75, 3.05) is 17.5 Å². The SMILES string of the molecule is O=C(O)c1cccc2c1OCCN2S(=O)(=O)c1ccc(F)c2ncccc12. The highest BCUT2D eigenvalue weighted by Crippen LogP contribution is 2.39. The van der Waals surface area contributed by atoms with Crippen molar-refractivity contribution in [3.05, 3.63) is 60.0 Å². The molecular formula is C18H13FN2O5S. The molecule has 3 aromatic rings. The van der Waals surface area contributed by atoms with Crippen LogP contribution < -0.4 is 9.04 Å². The second-order valence-corrected chi connectivity index (χ2v) is 7.66. The number of pyridine rings is 1. The van der Waals surface area contributed by atoms with E-state index in [0.717, 1.165) is 10.4 Å². The molecule has 1 N–H and O–H groups in total. The van der Waals surface area contributed by atoms with Crippen molar-refractivity contribution in [3.8, 4) is 5.75 Å². The van der Waals surface area contributed by atoms with E-state index < -0.39 is 21.8 Å². The molecule has 0 saturated heterocycles. The number of rotatable bonds is 3. The van der Waals surface area contributed by atoms with Crippen LogP contribution in [-0.4, -0.2) is 37.6 Å². The molecule has 4 rings (SSSR count). The van der Waals surface area contributed by atoms with Gasteiger partial charge in [-0.3, -0.25) is 9.29 Å². The monoisotopic (exact) mass is 388 g/mol. The van der Waals surface area contributed by atoms with Crippen molar-refractivity contribution in [3.63, 3.8) is 0 Å².